The number of amides is 1. The summed E-state index contributed by atoms with van der Waals surface area (Å²) in [7, 11) is 0. The molecule has 0 unspecified atom stereocenters. The molecule has 0 bridgehead atoms. The number of benzene rings is 1. The van der Waals surface area contributed by atoms with Gasteiger partial charge in [0, 0.05) is 22.6 Å². The van der Waals surface area contributed by atoms with Gasteiger partial charge in [0.1, 0.15) is 0 Å². The monoisotopic (exact) mass is 324 g/mol. The highest BCUT2D eigenvalue weighted by atomic mass is 79.9. The van der Waals surface area contributed by atoms with E-state index in [1.54, 1.807) is 12.3 Å². The zero-order valence-corrected chi connectivity index (χ0v) is 11.9. The molecule has 0 spiro atoms. The number of pyridine rings is 1. The minimum atomic E-state index is -0.269. The quantitative estimate of drug-likeness (QED) is 0.905. The predicted molar refractivity (Wildman–Crippen MR) is 76.1 cm³/mol. The van der Waals surface area contributed by atoms with Crippen LogP contribution in [0.25, 0.3) is 0 Å². The van der Waals surface area contributed by atoms with E-state index in [2.05, 4.69) is 26.2 Å². The molecule has 1 aromatic carbocycles. The zero-order valence-electron chi connectivity index (χ0n) is 9.58. The molecule has 1 amide bonds. The summed E-state index contributed by atoms with van der Waals surface area (Å²) in [6.07, 6.45) is 2.99. The summed E-state index contributed by atoms with van der Waals surface area (Å²) in [5, 5.41) is 3.20. The van der Waals surface area contributed by atoms with Crippen molar-refractivity contribution >= 4 is 39.1 Å². The van der Waals surface area contributed by atoms with Crippen molar-refractivity contribution in [1.82, 2.24) is 4.98 Å². The molecule has 2 rings (SSSR count). The van der Waals surface area contributed by atoms with Gasteiger partial charge >= 0.3 is 0 Å². The molecule has 0 atom stereocenters. The second kappa shape index (κ2) is 5.50. The van der Waals surface area contributed by atoms with Gasteiger partial charge in [0.05, 0.1) is 10.6 Å². The van der Waals surface area contributed by atoms with E-state index in [9.17, 15) is 4.79 Å². The molecule has 1 aromatic heterocycles. The number of hydrogen-bond donors (Lipinski definition) is 1. The Kier molecular flexibility index (Phi) is 3.99. The molecule has 0 fully saturated rings. The minimum absolute atomic E-state index is 0.269. The molecule has 5 heteroatoms. The van der Waals surface area contributed by atoms with E-state index in [0.717, 1.165) is 15.7 Å². The fourth-order valence-corrected chi connectivity index (χ4v) is 2.02. The average molecular weight is 326 g/mol. The molecule has 0 aliphatic carbocycles. The molecule has 1 N–H and O–H groups in total. The SMILES string of the molecule is Cc1ccc(Br)cc1NC(=O)c1cnccc1Cl. The van der Waals surface area contributed by atoms with Crippen LogP contribution in [-0.4, -0.2) is 10.9 Å². The number of hydrogen-bond acceptors (Lipinski definition) is 2. The zero-order chi connectivity index (χ0) is 13.1. The molecular weight excluding hydrogens is 316 g/mol. The second-order valence-corrected chi connectivity index (χ2v) is 5.09. The van der Waals surface area contributed by atoms with Crippen molar-refractivity contribution in [3.8, 4) is 0 Å². The van der Waals surface area contributed by atoms with E-state index in [-0.39, 0.29) is 5.91 Å². The molecule has 1 heterocycles. The van der Waals surface area contributed by atoms with E-state index >= 15 is 0 Å². The van der Waals surface area contributed by atoms with Gasteiger partial charge < -0.3 is 5.32 Å². The highest BCUT2D eigenvalue weighted by Gasteiger charge is 2.11. The standard InChI is InChI=1S/C13H10BrClN2O/c1-8-2-3-9(14)6-12(8)17-13(18)10-7-16-5-4-11(10)15/h2-7H,1H3,(H,17,18). The molecule has 2 aromatic rings. The highest BCUT2D eigenvalue weighted by Crippen LogP contribution is 2.22. The van der Waals surface area contributed by atoms with Crippen LogP contribution in [0.15, 0.2) is 41.1 Å². The minimum Gasteiger partial charge on any atom is -0.322 e. The van der Waals surface area contributed by atoms with Crippen molar-refractivity contribution < 1.29 is 4.79 Å². The third-order valence-electron chi connectivity index (χ3n) is 2.46. The van der Waals surface area contributed by atoms with Crippen molar-refractivity contribution in [1.29, 1.82) is 0 Å². The van der Waals surface area contributed by atoms with E-state index < -0.39 is 0 Å². The van der Waals surface area contributed by atoms with E-state index in [1.807, 2.05) is 25.1 Å². The predicted octanol–water partition coefficient (Wildman–Crippen LogP) is 4.06. The van der Waals surface area contributed by atoms with Gasteiger partial charge in [-0.1, -0.05) is 33.6 Å². The summed E-state index contributed by atoms with van der Waals surface area (Å²) in [6, 6.07) is 7.27. The number of halogens is 2. The van der Waals surface area contributed by atoms with Gasteiger partial charge in [0.15, 0.2) is 0 Å². The number of rotatable bonds is 2. The summed E-state index contributed by atoms with van der Waals surface area (Å²) >= 11 is 9.31. The van der Waals surface area contributed by atoms with Gasteiger partial charge in [-0.25, -0.2) is 0 Å². The van der Waals surface area contributed by atoms with Crippen LogP contribution in [0.3, 0.4) is 0 Å². The summed E-state index contributed by atoms with van der Waals surface area (Å²) in [5.41, 5.74) is 2.08. The van der Waals surface area contributed by atoms with Gasteiger partial charge in [-0.3, -0.25) is 9.78 Å². The van der Waals surface area contributed by atoms with Gasteiger partial charge in [-0.2, -0.15) is 0 Å². The molecule has 0 radical (unpaired) electrons. The fourth-order valence-electron chi connectivity index (χ4n) is 1.46. The van der Waals surface area contributed by atoms with Gasteiger partial charge in [0.2, 0.25) is 0 Å². The Balaban J connectivity index is 2.27. The largest absolute Gasteiger partial charge is 0.322 e. The Morgan fingerprint density at radius 1 is 1.39 bits per heavy atom. The summed E-state index contributed by atoms with van der Waals surface area (Å²) in [5.74, 6) is -0.269. The van der Waals surface area contributed by atoms with Crippen LogP contribution in [0.2, 0.25) is 5.02 Å². The van der Waals surface area contributed by atoms with Crippen molar-refractivity contribution in [3.05, 3.63) is 57.3 Å². The number of carbonyl (C=O) groups is 1. The van der Waals surface area contributed by atoms with Crippen molar-refractivity contribution in [3.63, 3.8) is 0 Å². The van der Waals surface area contributed by atoms with Gasteiger partial charge in [-0.15, -0.1) is 0 Å². The first-order valence-corrected chi connectivity index (χ1v) is 6.42. The topological polar surface area (TPSA) is 42.0 Å². The molecule has 0 aliphatic heterocycles. The van der Waals surface area contributed by atoms with Crippen molar-refractivity contribution in [2.45, 2.75) is 6.92 Å². The smallest absolute Gasteiger partial charge is 0.258 e. The summed E-state index contributed by atoms with van der Waals surface area (Å²) in [4.78, 5) is 15.9. The number of carbonyl (C=O) groups excluding carboxylic acids is 1. The average Bonchev–Trinajstić information content (AvgIpc) is 2.34. The van der Waals surface area contributed by atoms with Crippen LogP contribution in [0.5, 0.6) is 0 Å². The van der Waals surface area contributed by atoms with E-state index in [4.69, 9.17) is 11.6 Å². The fraction of sp³-hybridized carbons (Fsp3) is 0.0769. The first-order chi connectivity index (χ1) is 8.58. The lowest BCUT2D eigenvalue weighted by atomic mass is 10.2. The molecule has 0 saturated carbocycles. The Morgan fingerprint density at radius 3 is 2.89 bits per heavy atom. The lowest BCUT2D eigenvalue weighted by Gasteiger charge is -2.09. The van der Waals surface area contributed by atoms with E-state index in [1.165, 1.54) is 6.20 Å². The Bertz CT molecular complexity index is 601. The number of aryl methyl sites for hydroxylation is 1. The second-order valence-electron chi connectivity index (χ2n) is 3.77. The van der Waals surface area contributed by atoms with Crippen LogP contribution >= 0.6 is 27.5 Å². The molecular formula is C13H10BrClN2O. The normalized spacial score (nSPS) is 10.2. The first kappa shape index (κ1) is 13.1. The number of nitrogens with one attached hydrogen (secondary N) is 1. The van der Waals surface area contributed by atoms with Gasteiger partial charge in [0.25, 0.3) is 5.91 Å². The maximum atomic E-state index is 12.0. The lowest BCUT2D eigenvalue weighted by molar-refractivity contribution is 0.102. The van der Waals surface area contributed by atoms with Crippen molar-refractivity contribution in [2.24, 2.45) is 0 Å². The third-order valence-corrected chi connectivity index (χ3v) is 3.28. The summed E-state index contributed by atoms with van der Waals surface area (Å²) < 4.78 is 0.903. The Labute approximate surface area is 118 Å². The molecule has 0 saturated heterocycles. The van der Waals surface area contributed by atoms with Crippen LogP contribution in [0.1, 0.15) is 15.9 Å². The van der Waals surface area contributed by atoms with Crippen LogP contribution in [0.4, 0.5) is 5.69 Å². The lowest BCUT2D eigenvalue weighted by Crippen LogP contribution is -2.13. The van der Waals surface area contributed by atoms with Gasteiger partial charge in [-0.05, 0) is 30.7 Å². The summed E-state index contributed by atoms with van der Waals surface area (Å²) in [6.45, 7) is 1.92. The number of anilines is 1. The van der Waals surface area contributed by atoms with Crippen LogP contribution < -0.4 is 5.32 Å². The molecule has 3 nitrogen and oxygen atoms in total. The maximum Gasteiger partial charge on any atom is 0.258 e. The van der Waals surface area contributed by atoms with Crippen LogP contribution in [0, 0.1) is 6.92 Å². The molecule has 18 heavy (non-hydrogen) atoms. The molecule has 0 aliphatic rings. The van der Waals surface area contributed by atoms with E-state index in [0.29, 0.717) is 10.6 Å². The number of nitrogens with zero attached hydrogens (tertiary/aromatic N) is 1. The van der Waals surface area contributed by atoms with Crippen LogP contribution in [-0.2, 0) is 0 Å². The first-order valence-electron chi connectivity index (χ1n) is 5.25. The number of aromatic nitrogens is 1. The Morgan fingerprint density at radius 2 is 2.17 bits per heavy atom. The third kappa shape index (κ3) is 2.89. The van der Waals surface area contributed by atoms with Crippen molar-refractivity contribution in [2.75, 3.05) is 5.32 Å². The highest BCUT2D eigenvalue weighted by molar-refractivity contribution is 9.10. The Hall–Kier alpha value is -1.39. The maximum absolute atomic E-state index is 12.0. The molecule has 92 valence electrons.